The van der Waals surface area contributed by atoms with Crippen LogP contribution in [0.2, 0.25) is 0 Å². The molecule has 0 unspecified atom stereocenters. The Morgan fingerprint density at radius 3 is 2.03 bits per heavy atom. The van der Waals surface area contributed by atoms with Crippen LogP contribution in [-0.4, -0.2) is 24.0 Å². The molecular formula is C26H26F9NO2. The predicted molar refractivity (Wildman–Crippen MR) is 120 cm³/mol. The van der Waals surface area contributed by atoms with Crippen LogP contribution in [0.5, 0.6) is 0 Å². The average Bonchev–Trinajstić information content (AvgIpc) is 2.82. The number of likely N-dealkylation sites (tertiary alicyclic amines) is 1. The van der Waals surface area contributed by atoms with Gasteiger partial charge in [-0.25, -0.2) is 0 Å². The number of benzene rings is 2. The molecule has 0 aromatic heterocycles. The summed E-state index contributed by atoms with van der Waals surface area (Å²) in [5.41, 5.74) is -3.63. The summed E-state index contributed by atoms with van der Waals surface area (Å²) in [6.07, 6.45) is -13.9. The van der Waals surface area contributed by atoms with Crippen molar-refractivity contribution >= 4 is 5.97 Å². The third-order valence-corrected chi connectivity index (χ3v) is 6.77. The Labute approximate surface area is 213 Å². The first-order valence-electron chi connectivity index (χ1n) is 11.9. The van der Waals surface area contributed by atoms with E-state index in [-0.39, 0.29) is 31.9 Å². The zero-order valence-corrected chi connectivity index (χ0v) is 20.5. The van der Waals surface area contributed by atoms with Crippen LogP contribution in [0.3, 0.4) is 0 Å². The summed E-state index contributed by atoms with van der Waals surface area (Å²) in [5, 5.41) is 0. The molecule has 1 aliphatic rings. The van der Waals surface area contributed by atoms with E-state index in [4.69, 9.17) is 4.74 Å². The van der Waals surface area contributed by atoms with Crippen LogP contribution in [0, 0.1) is 5.92 Å². The lowest BCUT2D eigenvalue weighted by Gasteiger charge is -2.43. The van der Waals surface area contributed by atoms with Crippen LogP contribution in [-0.2, 0) is 28.1 Å². The van der Waals surface area contributed by atoms with Crippen LogP contribution in [0.4, 0.5) is 39.5 Å². The average molecular weight is 555 g/mol. The molecule has 12 heteroatoms. The van der Waals surface area contributed by atoms with Crippen molar-refractivity contribution in [3.05, 3.63) is 70.3 Å². The van der Waals surface area contributed by atoms with Gasteiger partial charge in [-0.1, -0.05) is 12.1 Å². The molecule has 2 aromatic rings. The molecule has 1 saturated heterocycles. The molecular weight excluding hydrogens is 529 g/mol. The van der Waals surface area contributed by atoms with Gasteiger partial charge in [0.25, 0.3) is 0 Å². The molecule has 0 amide bonds. The van der Waals surface area contributed by atoms with Gasteiger partial charge in [-0.2, -0.15) is 39.5 Å². The molecule has 0 N–H and O–H groups in total. The smallest absolute Gasteiger partial charge is 0.416 e. The van der Waals surface area contributed by atoms with E-state index in [2.05, 4.69) is 0 Å². The maximum atomic E-state index is 13.8. The van der Waals surface area contributed by atoms with Crippen LogP contribution in [0.25, 0.3) is 0 Å². The first-order chi connectivity index (χ1) is 17.5. The van der Waals surface area contributed by atoms with E-state index in [9.17, 15) is 44.3 Å². The number of hydrogen-bond acceptors (Lipinski definition) is 3. The second-order valence-electron chi connectivity index (χ2n) is 9.25. The molecule has 2 aromatic carbocycles. The predicted octanol–water partition coefficient (Wildman–Crippen LogP) is 8.21. The van der Waals surface area contributed by atoms with Gasteiger partial charge in [0, 0.05) is 18.5 Å². The minimum absolute atomic E-state index is 0.00452. The number of ether oxygens (including phenoxy) is 1. The summed E-state index contributed by atoms with van der Waals surface area (Å²) in [5.74, 6) is -0.768. The fourth-order valence-corrected chi connectivity index (χ4v) is 4.90. The highest BCUT2D eigenvalue weighted by atomic mass is 19.4. The highest BCUT2D eigenvalue weighted by molar-refractivity contribution is 5.69. The number of halogens is 9. The van der Waals surface area contributed by atoms with Crippen LogP contribution in [0.1, 0.15) is 73.0 Å². The molecule has 1 heterocycles. The minimum atomic E-state index is -4.93. The SMILES string of the molecule is CCOC(=O)C[C@H]1CCN([C@H](C)c2cc(C(F)(F)F)ccc2C(F)(F)F)[C@H](c2ccc(C(F)(F)F)cc2)C1. The van der Waals surface area contributed by atoms with Gasteiger partial charge < -0.3 is 4.74 Å². The molecule has 0 spiro atoms. The van der Waals surface area contributed by atoms with E-state index in [1.165, 1.54) is 19.1 Å². The fourth-order valence-electron chi connectivity index (χ4n) is 4.90. The number of rotatable bonds is 6. The first-order valence-corrected chi connectivity index (χ1v) is 11.9. The maximum absolute atomic E-state index is 13.8. The molecule has 0 saturated carbocycles. The Bertz CT molecular complexity index is 1110. The summed E-state index contributed by atoms with van der Waals surface area (Å²) in [4.78, 5) is 13.6. The highest BCUT2D eigenvalue weighted by Crippen LogP contribution is 2.45. The third kappa shape index (κ3) is 7.00. The molecule has 3 atom stereocenters. The van der Waals surface area contributed by atoms with Gasteiger partial charge >= 0.3 is 24.5 Å². The summed E-state index contributed by atoms with van der Waals surface area (Å²) >= 11 is 0. The number of nitrogens with zero attached hydrogens (tertiary/aromatic N) is 1. The van der Waals surface area contributed by atoms with Gasteiger partial charge in [0.05, 0.1) is 23.3 Å². The van der Waals surface area contributed by atoms with Gasteiger partial charge in [0.15, 0.2) is 0 Å². The van der Waals surface area contributed by atoms with Crippen molar-refractivity contribution in [2.75, 3.05) is 13.2 Å². The Morgan fingerprint density at radius 2 is 1.50 bits per heavy atom. The topological polar surface area (TPSA) is 29.5 Å². The zero-order chi connectivity index (χ0) is 28.5. The molecule has 210 valence electrons. The van der Waals surface area contributed by atoms with Crippen molar-refractivity contribution in [2.45, 2.75) is 63.7 Å². The van der Waals surface area contributed by atoms with Crippen LogP contribution >= 0.6 is 0 Å². The van der Waals surface area contributed by atoms with E-state index >= 15 is 0 Å². The molecule has 1 fully saturated rings. The molecule has 0 bridgehead atoms. The second-order valence-corrected chi connectivity index (χ2v) is 9.25. The normalized spacial score (nSPS) is 20.3. The van der Waals surface area contributed by atoms with Crippen molar-refractivity contribution in [1.82, 2.24) is 4.90 Å². The quantitative estimate of drug-likeness (QED) is 0.266. The molecule has 1 aliphatic heterocycles. The summed E-state index contributed by atoms with van der Waals surface area (Å²) in [7, 11) is 0. The van der Waals surface area contributed by atoms with E-state index in [0.29, 0.717) is 30.2 Å². The number of carbonyl (C=O) groups excluding carboxylic acids is 1. The van der Waals surface area contributed by atoms with Gasteiger partial charge in [-0.05, 0) is 80.6 Å². The van der Waals surface area contributed by atoms with Gasteiger partial charge in [0.2, 0.25) is 0 Å². The monoisotopic (exact) mass is 555 g/mol. The standard InChI is InChI=1S/C26H26F9NO2/c1-3-38-23(37)13-16-10-11-36(22(12-16)17-4-6-18(7-5-17)24(27,28)29)15(2)20-14-19(25(30,31)32)8-9-21(20)26(33,34)35/h4-9,14-16,22H,3,10-13H2,1-2H3/t15-,16+,22+/m1/s1. The first kappa shape index (κ1) is 29.8. The number of carbonyl (C=O) groups is 1. The molecule has 38 heavy (non-hydrogen) atoms. The highest BCUT2D eigenvalue weighted by Gasteiger charge is 2.41. The largest absolute Gasteiger partial charge is 0.466 e. The Balaban J connectivity index is 2.04. The van der Waals surface area contributed by atoms with Crippen molar-refractivity contribution in [1.29, 1.82) is 0 Å². The van der Waals surface area contributed by atoms with Gasteiger partial charge in [-0.3, -0.25) is 9.69 Å². The van der Waals surface area contributed by atoms with Crippen molar-refractivity contribution in [3.8, 4) is 0 Å². The second kappa shape index (κ2) is 11.2. The van der Waals surface area contributed by atoms with Gasteiger partial charge in [0.1, 0.15) is 0 Å². The fraction of sp³-hybridized carbons (Fsp3) is 0.500. The van der Waals surface area contributed by atoms with Crippen LogP contribution < -0.4 is 0 Å². The van der Waals surface area contributed by atoms with Crippen LogP contribution in [0.15, 0.2) is 42.5 Å². The van der Waals surface area contributed by atoms with Crippen molar-refractivity contribution in [3.63, 3.8) is 0 Å². The lowest BCUT2D eigenvalue weighted by Crippen LogP contribution is -2.40. The number of piperidine rings is 1. The lowest BCUT2D eigenvalue weighted by atomic mass is 9.83. The maximum Gasteiger partial charge on any atom is 0.416 e. The van der Waals surface area contributed by atoms with Crippen molar-refractivity contribution in [2.24, 2.45) is 5.92 Å². The molecule has 3 rings (SSSR count). The molecule has 0 radical (unpaired) electrons. The Hall–Kier alpha value is -2.76. The summed E-state index contributed by atoms with van der Waals surface area (Å²) in [6.45, 7) is 3.21. The zero-order valence-electron chi connectivity index (χ0n) is 20.5. The van der Waals surface area contributed by atoms with E-state index < -0.39 is 58.8 Å². The molecule has 3 nitrogen and oxygen atoms in total. The van der Waals surface area contributed by atoms with Gasteiger partial charge in [-0.15, -0.1) is 0 Å². The summed E-state index contributed by atoms with van der Waals surface area (Å²) < 4.78 is 126. The Kier molecular flexibility index (Phi) is 8.74. The third-order valence-electron chi connectivity index (χ3n) is 6.77. The van der Waals surface area contributed by atoms with E-state index in [1.54, 1.807) is 11.8 Å². The number of esters is 1. The summed E-state index contributed by atoms with van der Waals surface area (Å²) in [6, 6.07) is 3.42. The number of alkyl halides is 9. The minimum Gasteiger partial charge on any atom is -0.466 e. The van der Waals surface area contributed by atoms with E-state index in [0.717, 1.165) is 12.1 Å². The number of hydrogen-bond donors (Lipinski definition) is 0. The molecule has 0 aliphatic carbocycles. The van der Waals surface area contributed by atoms with E-state index in [1.807, 2.05) is 0 Å². The lowest BCUT2D eigenvalue weighted by molar-refractivity contribution is -0.145. The Morgan fingerprint density at radius 1 is 0.921 bits per heavy atom. The van der Waals surface area contributed by atoms with Crippen molar-refractivity contribution < 1.29 is 49.0 Å².